The van der Waals surface area contributed by atoms with E-state index in [1.165, 1.54) is 5.56 Å². The van der Waals surface area contributed by atoms with E-state index >= 15 is 0 Å². The molecule has 0 aliphatic carbocycles. The molecular formula is C20H19Cl2N3. The van der Waals surface area contributed by atoms with Crippen molar-refractivity contribution in [2.75, 3.05) is 0 Å². The molecule has 0 radical (unpaired) electrons. The maximum atomic E-state index is 6.45. The molecule has 3 aromatic rings. The molecule has 0 N–H and O–H groups in total. The van der Waals surface area contributed by atoms with Gasteiger partial charge in [-0.1, -0.05) is 47.5 Å². The van der Waals surface area contributed by atoms with Crippen molar-refractivity contribution >= 4 is 23.2 Å². The summed E-state index contributed by atoms with van der Waals surface area (Å²) in [6, 6.07) is 16.2. The molecule has 3 nitrogen and oxygen atoms in total. The van der Waals surface area contributed by atoms with Crippen molar-refractivity contribution in [2.45, 2.75) is 33.0 Å². The van der Waals surface area contributed by atoms with Crippen molar-refractivity contribution in [3.8, 4) is 16.9 Å². The van der Waals surface area contributed by atoms with Crippen LogP contribution in [0.1, 0.15) is 25.1 Å². The molecule has 0 saturated heterocycles. The monoisotopic (exact) mass is 371 g/mol. The SMILES string of the molecule is CC(C)N1Cc2nn(-c3ccccc3Cl)c(-c3ccc(Cl)cc3)c2C1. The van der Waals surface area contributed by atoms with E-state index in [9.17, 15) is 0 Å². The third kappa shape index (κ3) is 2.97. The van der Waals surface area contributed by atoms with Crippen LogP contribution in [0.25, 0.3) is 16.9 Å². The summed E-state index contributed by atoms with van der Waals surface area (Å²) in [4.78, 5) is 2.42. The van der Waals surface area contributed by atoms with Crippen LogP contribution in [-0.2, 0) is 13.1 Å². The van der Waals surface area contributed by atoms with Crippen LogP contribution >= 0.6 is 23.2 Å². The molecule has 0 atom stereocenters. The summed E-state index contributed by atoms with van der Waals surface area (Å²) in [6.07, 6.45) is 0. The lowest BCUT2D eigenvalue weighted by molar-refractivity contribution is 0.224. The lowest BCUT2D eigenvalue weighted by Gasteiger charge is -2.20. The summed E-state index contributed by atoms with van der Waals surface area (Å²) in [7, 11) is 0. The summed E-state index contributed by atoms with van der Waals surface area (Å²) < 4.78 is 1.98. The van der Waals surface area contributed by atoms with E-state index in [0.29, 0.717) is 11.1 Å². The van der Waals surface area contributed by atoms with Crippen molar-refractivity contribution in [1.82, 2.24) is 14.7 Å². The number of halogens is 2. The van der Waals surface area contributed by atoms with Gasteiger partial charge in [-0.15, -0.1) is 0 Å². The molecule has 1 aliphatic rings. The molecule has 5 heteroatoms. The first kappa shape index (κ1) is 16.6. The second-order valence-electron chi connectivity index (χ2n) is 6.64. The third-order valence-corrected chi connectivity index (χ3v) is 5.28. The molecular weight excluding hydrogens is 353 g/mol. The van der Waals surface area contributed by atoms with E-state index in [-0.39, 0.29) is 0 Å². The molecule has 0 bridgehead atoms. The second kappa shape index (κ2) is 6.49. The average molecular weight is 372 g/mol. The number of hydrogen-bond acceptors (Lipinski definition) is 2. The van der Waals surface area contributed by atoms with Gasteiger partial charge in [-0.2, -0.15) is 5.10 Å². The molecule has 2 aromatic carbocycles. The molecule has 0 spiro atoms. The van der Waals surface area contributed by atoms with Gasteiger partial charge in [0, 0.05) is 35.3 Å². The molecule has 0 fully saturated rings. The van der Waals surface area contributed by atoms with E-state index < -0.39 is 0 Å². The molecule has 2 heterocycles. The zero-order valence-corrected chi connectivity index (χ0v) is 15.7. The normalized spacial score (nSPS) is 14.3. The van der Waals surface area contributed by atoms with Gasteiger partial charge in [0.15, 0.2) is 0 Å². The van der Waals surface area contributed by atoms with Gasteiger partial charge in [-0.05, 0) is 38.1 Å². The van der Waals surface area contributed by atoms with Crippen molar-refractivity contribution in [3.05, 3.63) is 69.8 Å². The summed E-state index contributed by atoms with van der Waals surface area (Å²) in [5, 5.41) is 6.33. The van der Waals surface area contributed by atoms with Crippen LogP contribution < -0.4 is 0 Å². The smallest absolute Gasteiger partial charge is 0.0839 e. The van der Waals surface area contributed by atoms with Crippen LogP contribution in [0.3, 0.4) is 0 Å². The van der Waals surface area contributed by atoms with Crippen LogP contribution in [0.15, 0.2) is 48.5 Å². The molecule has 128 valence electrons. The first-order chi connectivity index (χ1) is 12.0. The van der Waals surface area contributed by atoms with E-state index in [1.54, 1.807) is 0 Å². The molecule has 0 saturated carbocycles. The van der Waals surface area contributed by atoms with Gasteiger partial charge in [0.2, 0.25) is 0 Å². The van der Waals surface area contributed by atoms with E-state index in [2.05, 4.69) is 18.7 Å². The largest absolute Gasteiger partial charge is 0.291 e. The van der Waals surface area contributed by atoms with Gasteiger partial charge >= 0.3 is 0 Å². The number of para-hydroxylation sites is 1. The molecule has 0 amide bonds. The average Bonchev–Trinajstić information content (AvgIpc) is 3.14. The quantitative estimate of drug-likeness (QED) is 0.599. The first-order valence-electron chi connectivity index (χ1n) is 8.40. The van der Waals surface area contributed by atoms with Crippen LogP contribution in [0.4, 0.5) is 0 Å². The van der Waals surface area contributed by atoms with Crippen molar-refractivity contribution in [1.29, 1.82) is 0 Å². The molecule has 1 aromatic heterocycles. The number of rotatable bonds is 3. The lowest BCUT2D eigenvalue weighted by Crippen LogP contribution is -2.25. The number of nitrogens with zero attached hydrogens (tertiary/aromatic N) is 3. The molecule has 25 heavy (non-hydrogen) atoms. The summed E-state index contributed by atoms with van der Waals surface area (Å²) >= 11 is 12.5. The fourth-order valence-electron chi connectivity index (χ4n) is 3.31. The van der Waals surface area contributed by atoms with Gasteiger partial charge in [0.25, 0.3) is 0 Å². The van der Waals surface area contributed by atoms with Gasteiger partial charge in [-0.25, -0.2) is 4.68 Å². The predicted octanol–water partition coefficient (Wildman–Crippen LogP) is 5.57. The standard InChI is InChI=1S/C20H19Cl2N3/c1-13(2)24-11-16-18(12-24)23-25(19-6-4-3-5-17(19)22)20(16)14-7-9-15(21)10-8-14/h3-10,13H,11-12H2,1-2H3. The lowest BCUT2D eigenvalue weighted by atomic mass is 10.1. The highest BCUT2D eigenvalue weighted by molar-refractivity contribution is 6.32. The highest BCUT2D eigenvalue weighted by Crippen LogP contribution is 2.36. The van der Waals surface area contributed by atoms with E-state index in [4.69, 9.17) is 28.3 Å². The minimum atomic E-state index is 0.487. The van der Waals surface area contributed by atoms with Crippen LogP contribution in [-0.4, -0.2) is 20.7 Å². The Hall–Kier alpha value is -1.81. The van der Waals surface area contributed by atoms with E-state index in [1.807, 2.05) is 53.2 Å². The first-order valence-corrected chi connectivity index (χ1v) is 9.16. The Morgan fingerprint density at radius 3 is 2.36 bits per heavy atom. The molecule has 0 unspecified atom stereocenters. The molecule has 1 aliphatic heterocycles. The van der Waals surface area contributed by atoms with Crippen LogP contribution in [0.5, 0.6) is 0 Å². The fourth-order valence-corrected chi connectivity index (χ4v) is 3.65. The Bertz CT molecular complexity index is 913. The number of hydrogen-bond donors (Lipinski definition) is 0. The maximum absolute atomic E-state index is 6.45. The Morgan fingerprint density at radius 1 is 0.960 bits per heavy atom. The van der Waals surface area contributed by atoms with Gasteiger partial charge in [0.1, 0.15) is 0 Å². The predicted molar refractivity (Wildman–Crippen MR) is 103 cm³/mol. The van der Waals surface area contributed by atoms with Gasteiger partial charge < -0.3 is 0 Å². The third-order valence-electron chi connectivity index (χ3n) is 4.71. The Balaban J connectivity index is 1.90. The molecule has 4 rings (SSSR count). The van der Waals surface area contributed by atoms with E-state index in [0.717, 1.165) is 40.8 Å². The zero-order valence-electron chi connectivity index (χ0n) is 14.2. The Morgan fingerprint density at radius 2 is 1.68 bits per heavy atom. The number of fused-ring (bicyclic) bond motifs is 1. The van der Waals surface area contributed by atoms with Gasteiger partial charge in [0.05, 0.1) is 22.1 Å². The fraction of sp³-hybridized carbons (Fsp3) is 0.250. The van der Waals surface area contributed by atoms with Crippen LogP contribution in [0.2, 0.25) is 10.0 Å². The second-order valence-corrected chi connectivity index (χ2v) is 7.49. The highest BCUT2D eigenvalue weighted by atomic mass is 35.5. The number of benzene rings is 2. The number of aromatic nitrogens is 2. The van der Waals surface area contributed by atoms with Gasteiger partial charge in [-0.3, -0.25) is 4.90 Å². The topological polar surface area (TPSA) is 21.1 Å². The Kier molecular flexibility index (Phi) is 4.32. The van der Waals surface area contributed by atoms with Crippen molar-refractivity contribution < 1.29 is 0 Å². The maximum Gasteiger partial charge on any atom is 0.0839 e. The highest BCUT2D eigenvalue weighted by Gasteiger charge is 2.30. The minimum Gasteiger partial charge on any atom is -0.291 e. The van der Waals surface area contributed by atoms with Crippen LogP contribution in [0, 0.1) is 0 Å². The Labute approximate surface area is 157 Å². The summed E-state index contributed by atoms with van der Waals surface area (Å²) in [6.45, 7) is 6.20. The van der Waals surface area contributed by atoms with Crippen molar-refractivity contribution in [2.24, 2.45) is 0 Å². The van der Waals surface area contributed by atoms with Crippen molar-refractivity contribution in [3.63, 3.8) is 0 Å². The summed E-state index contributed by atoms with van der Waals surface area (Å²) in [5.41, 5.74) is 5.50. The zero-order chi connectivity index (χ0) is 17.6. The summed E-state index contributed by atoms with van der Waals surface area (Å²) in [5.74, 6) is 0. The minimum absolute atomic E-state index is 0.487.